The fourth-order valence-corrected chi connectivity index (χ4v) is 2.56. The molecule has 1 aliphatic rings. The Morgan fingerprint density at radius 3 is 2.28 bits per heavy atom. The zero-order chi connectivity index (χ0) is 13.2. The minimum Gasteiger partial charge on any atom is -0.353 e. The summed E-state index contributed by atoms with van der Waals surface area (Å²) in [7, 11) is 0. The highest BCUT2D eigenvalue weighted by Gasteiger charge is 2.39. The van der Waals surface area contributed by atoms with Crippen molar-refractivity contribution in [3.63, 3.8) is 0 Å². The van der Waals surface area contributed by atoms with Crippen LogP contribution in [0.1, 0.15) is 45.1 Å². The third kappa shape index (κ3) is 2.54. The van der Waals surface area contributed by atoms with Gasteiger partial charge in [-0.3, -0.25) is 4.79 Å². The van der Waals surface area contributed by atoms with Crippen LogP contribution in [0.15, 0.2) is 24.3 Å². The van der Waals surface area contributed by atoms with Crippen LogP contribution in [-0.4, -0.2) is 11.9 Å². The first-order valence-electron chi connectivity index (χ1n) is 6.69. The van der Waals surface area contributed by atoms with Gasteiger partial charge in [-0.2, -0.15) is 0 Å². The minimum atomic E-state index is -0.410. The van der Waals surface area contributed by atoms with Crippen LogP contribution in [0.5, 0.6) is 0 Å². The van der Waals surface area contributed by atoms with Gasteiger partial charge in [0, 0.05) is 11.1 Å². The molecule has 0 atom stereocenters. The van der Waals surface area contributed by atoms with Gasteiger partial charge in [0.1, 0.15) is 0 Å². The van der Waals surface area contributed by atoms with E-state index in [1.807, 2.05) is 24.3 Å². The van der Waals surface area contributed by atoms with Gasteiger partial charge in [0.2, 0.25) is 5.91 Å². The highest BCUT2D eigenvalue weighted by atomic mass is 35.5. The quantitative estimate of drug-likeness (QED) is 0.865. The van der Waals surface area contributed by atoms with Crippen LogP contribution >= 0.6 is 11.6 Å². The molecule has 2 rings (SSSR count). The van der Waals surface area contributed by atoms with E-state index in [-0.39, 0.29) is 5.91 Å². The number of halogens is 1. The minimum absolute atomic E-state index is 0.164. The molecule has 0 aromatic heterocycles. The third-order valence-corrected chi connectivity index (χ3v) is 4.20. The van der Waals surface area contributed by atoms with E-state index >= 15 is 0 Å². The molecule has 0 spiro atoms. The second-order valence-corrected chi connectivity index (χ2v) is 5.48. The summed E-state index contributed by atoms with van der Waals surface area (Å²) in [5, 5.41) is 3.85. The van der Waals surface area contributed by atoms with Crippen molar-refractivity contribution in [1.82, 2.24) is 5.32 Å². The Bertz CT molecular complexity index is 419. The fourth-order valence-electron chi connectivity index (χ4n) is 2.43. The van der Waals surface area contributed by atoms with Crippen LogP contribution in [0, 0.1) is 0 Å². The molecule has 2 nitrogen and oxygen atoms in total. The summed E-state index contributed by atoms with van der Waals surface area (Å²) in [6.07, 6.45) is 3.86. The second-order valence-electron chi connectivity index (χ2n) is 5.04. The summed E-state index contributed by atoms with van der Waals surface area (Å²) in [4.78, 5) is 12.5. The van der Waals surface area contributed by atoms with Crippen molar-refractivity contribution in [3.05, 3.63) is 34.9 Å². The topological polar surface area (TPSA) is 29.1 Å². The monoisotopic (exact) mass is 265 g/mol. The average Bonchev–Trinajstić information content (AvgIpc) is 3.17. The zero-order valence-corrected chi connectivity index (χ0v) is 11.8. The summed E-state index contributed by atoms with van der Waals surface area (Å²) >= 11 is 5.92. The van der Waals surface area contributed by atoms with Gasteiger partial charge in [-0.15, -0.1) is 0 Å². The first-order valence-corrected chi connectivity index (χ1v) is 7.07. The maximum atomic E-state index is 12.5. The highest BCUT2D eigenvalue weighted by molar-refractivity contribution is 6.30. The molecular weight excluding hydrogens is 246 g/mol. The number of hydrogen-bond acceptors (Lipinski definition) is 1. The summed E-state index contributed by atoms with van der Waals surface area (Å²) in [5.74, 6) is 0.164. The molecule has 3 heteroatoms. The first-order chi connectivity index (χ1) is 8.62. The number of benzene rings is 1. The number of carbonyl (C=O) groups excluding carboxylic acids is 1. The van der Waals surface area contributed by atoms with Gasteiger partial charge >= 0.3 is 0 Å². The zero-order valence-electron chi connectivity index (χ0n) is 11.0. The Morgan fingerprint density at radius 1 is 1.28 bits per heavy atom. The molecule has 0 radical (unpaired) electrons. The van der Waals surface area contributed by atoms with E-state index in [1.165, 1.54) is 0 Å². The Kier molecular flexibility index (Phi) is 3.96. The molecule has 1 saturated carbocycles. The number of nitrogens with one attached hydrogen (secondary N) is 1. The molecule has 1 fully saturated rings. The number of hydrogen-bond donors (Lipinski definition) is 1. The van der Waals surface area contributed by atoms with Crippen molar-refractivity contribution in [3.8, 4) is 0 Å². The van der Waals surface area contributed by atoms with Crippen LogP contribution in [-0.2, 0) is 10.2 Å². The average molecular weight is 266 g/mol. The number of amides is 1. The molecule has 1 N–H and O–H groups in total. The molecular formula is C15H20ClNO. The number of rotatable bonds is 5. The standard InChI is InChI=1S/C15H20ClNO/c1-3-15(4-2,14(18)17-13-9-10-13)11-5-7-12(16)8-6-11/h5-8,13H,3-4,9-10H2,1-2H3,(H,17,18). The van der Waals surface area contributed by atoms with Crippen molar-refractivity contribution in [2.24, 2.45) is 0 Å². The van der Waals surface area contributed by atoms with Crippen LogP contribution in [0.4, 0.5) is 0 Å². The Balaban J connectivity index is 2.29. The first kappa shape index (κ1) is 13.4. The largest absolute Gasteiger partial charge is 0.353 e. The molecule has 0 aliphatic heterocycles. The molecule has 98 valence electrons. The van der Waals surface area contributed by atoms with Crippen LogP contribution in [0.2, 0.25) is 5.02 Å². The molecule has 0 bridgehead atoms. The summed E-state index contributed by atoms with van der Waals surface area (Å²) < 4.78 is 0. The summed E-state index contributed by atoms with van der Waals surface area (Å²) in [5.41, 5.74) is 0.655. The fraction of sp³-hybridized carbons (Fsp3) is 0.533. The van der Waals surface area contributed by atoms with Gasteiger partial charge in [0.25, 0.3) is 0 Å². The maximum Gasteiger partial charge on any atom is 0.230 e. The van der Waals surface area contributed by atoms with Crippen LogP contribution in [0.3, 0.4) is 0 Å². The van der Waals surface area contributed by atoms with E-state index in [9.17, 15) is 4.79 Å². The van der Waals surface area contributed by atoms with Gasteiger partial charge < -0.3 is 5.32 Å². The summed E-state index contributed by atoms with van der Waals surface area (Å²) in [6.45, 7) is 4.15. The van der Waals surface area contributed by atoms with Crippen LogP contribution in [0.25, 0.3) is 0 Å². The Morgan fingerprint density at radius 2 is 1.83 bits per heavy atom. The molecule has 0 unspecified atom stereocenters. The smallest absolute Gasteiger partial charge is 0.230 e. The van der Waals surface area contributed by atoms with Crippen molar-refractivity contribution in [1.29, 1.82) is 0 Å². The lowest BCUT2D eigenvalue weighted by Gasteiger charge is -2.31. The summed E-state index contributed by atoms with van der Waals surface area (Å²) in [6, 6.07) is 8.08. The second kappa shape index (κ2) is 5.31. The molecule has 0 saturated heterocycles. The molecule has 1 aromatic carbocycles. The Labute approximate surface area is 114 Å². The molecule has 1 amide bonds. The van der Waals surface area contributed by atoms with Gasteiger partial charge in [0.05, 0.1) is 5.41 Å². The Hall–Kier alpha value is -1.02. The molecule has 1 aliphatic carbocycles. The number of carbonyl (C=O) groups is 1. The molecule has 0 heterocycles. The lowest BCUT2D eigenvalue weighted by Crippen LogP contribution is -2.44. The predicted molar refractivity (Wildman–Crippen MR) is 74.9 cm³/mol. The van der Waals surface area contributed by atoms with E-state index in [2.05, 4.69) is 19.2 Å². The lowest BCUT2D eigenvalue weighted by atomic mass is 9.75. The maximum absolute atomic E-state index is 12.5. The van der Waals surface area contributed by atoms with E-state index in [0.717, 1.165) is 31.2 Å². The lowest BCUT2D eigenvalue weighted by molar-refractivity contribution is -0.127. The van der Waals surface area contributed by atoms with Gasteiger partial charge in [-0.1, -0.05) is 37.6 Å². The van der Waals surface area contributed by atoms with Gasteiger partial charge in [-0.25, -0.2) is 0 Å². The van der Waals surface area contributed by atoms with E-state index in [4.69, 9.17) is 11.6 Å². The van der Waals surface area contributed by atoms with Crippen LogP contribution < -0.4 is 5.32 Å². The van der Waals surface area contributed by atoms with Crippen molar-refractivity contribution in [2.75, 3.05) is 0 Å². The predicted octanol–water partition coefficient (Wildman–Crippen LogP) is 3.68. The van der Waals surface area contributed by atoms with Crippen molar-refractivity contribution in [2.45, 2.75) is 51.0 Å². The van der Waals surface area contributed by atoms with Crippen molar-refractivity contribution < 1.29 is 4.79 Å². The highest BCUT2D eigenvalue weighted by Crippen LogP contribution is 2.34. The SMILES string of the molecule is CCC(CC)(C(=O)NC1CC1)c1ccc(Cl)cc1. The van der Waals surface area contributed by atoms with Gasteiger partial charge in [0.15, 0.2) is 0 Å². The van der Waals surface area contributed by atoms with E-state index in [1.54, 1.807) is 0 Å². The third-order valence-electron chi connectivity index (χ3n) is 3.95. The molecule has 18 heavy (non-hydrogen) atoms. The van der Waals surface area contributed by atoms with Gasteiger partial charge in [-0.05, 0) is 43.4 Å². The van der Waals surface area contributed by atoms with E-state index in [0.29, 0.717) is 11.1 Å². The van der Waals surface area contributed by atoms with Crippen molar-refractivity contribution >= 4 is 17.5 Å². The van der Waals surface area contributed by atoms with E-state index < -0.39 is 5.41 Å². The normalized spacial score (nSPS) is 15.5. The molecule has 1 aromatic rings.